The number of alkyl halides is 3. The molecule has 0 bridgehead atoms. The third-order valence-corrected chi connectivity index (χ3v) is 6.56. The van der Waals surface area contributed by atoms with E-state index in [1.54, 1.807) is 42.6 Å². The van der Waals surface area contributed by atoms with Crippen LogP contribution in [0.5, 0.6) is 11.5 Å². The number of H-pyrrole nitrogens is 1. The molecule has 176 valence electrons. The molecule has 0 saturated heterocycles. The lowest BCUT2D eigenvalue weighted by Gasteiger charge is -2.19. The minimum absolute atomic E-state index is 0. The van der Waals surface area contributed by atoms with Crippen molar-refractivity contribution in [2.24, 2.45) is 0 Å². The molecule has 1 fully saturated rings. The topological polar surface area (TPSA) is 63.4 Å². The summed E-state index contributed by atoms with van der Waals surface area (Å²) in [5.41, 5.74) is 0.911. The van der Waals surface area contributed by atoms with E-state index in [9.17, 15) is 18.0 Å². The zero-order valence-electron chi connectivity index (χ0n) is 17.8. The average molecular weight is 468 g/mol. The lowest BCUT2D eigenvalue weighted by atomic mass is 9.94. The maximum absolute atomic E-state index is 13.8. The van der Waals surface area contributed by atoms with Gasteiger partial charge in [0, 0.05) is 20.3 Å². The van der Waals surface area contributed by atoms with E-state index in [4.69, 9.17) is 9.47 Å². The Labute approximate surface area is 195 Å². The number of amides is 1. The average Bonchev–Trinajstić information content (AvgIpc) is 3.27. The Bertz CT molecular complexity index is 1450. The molecular formula is C26H23F3N2O3. The first-order chi connectivity index (χ1) is 16.3. The van der Waals surface area contributed by atoms with Crippen molar-refractivity contribution in [1.29, 1.82) is 0 Å². The number of carbonyl (C=O) groups excluding carboxylic acids is 1. The summed E-state index contributed by atoms with van der Waals surface area (Å²) in [4.78, 5) is 16.3. The summed E-state index contributed by atoms with van der Waals surface area (Å²) in [7, 11) is 0. The van der Waals surface area contributed by atoms with Gasteiger partial charge in [0.25, 0.3) is 0 Å². The van der Waals surface area contributed by atoms with Crippen molar-refractivity contribution in [3.63, 3.8) is 0 Å². The molecule has 2 N–H and O–H groups in total. The van der Waals surface area contributed by atoms with Crippen molar-refractivity contribution < 1.29 is 30.3 Å². The van der Waals surface area contributed by atoms with Gasteiger partial charge in [-0.3, -0.25) is 4.79 Å². The number of hydrogen-bond acceptors (Lipinski definition) is 3. The van der Waals surface area contributed by atoms with Crippen molar-refractivity contribution in [1.82, 2.24) is 4.98 Å². The van der Waals surface area contributed by atoms with Crippen LogP contribution < -0.4 is 14.8 Å². The summed E-state index contributed by atoms with van der Waals surface area (Å²) < 4.78 is 52.2. The van der Waals surface area contributed by atoms with Crippen LogP contribution >= 0.6 is 0 Å². The molecule has 1 aliphatic heterocycles. The van der Waals surface area contributed by atoms with Crippen LogP contribution in [0.25, 0.3) is 22.0 Å². The van der Waals surface area contributed by atoms with Gasteiger partial charge in [-0.25, -0.2) is 0 Å². The van der Waals surface area contributed by atoms with Gasteiger partial charge in [-0.2, -0.15) is 13.2 Å². The SMILES string of the molecule is O=C(Nc1ccc(C(F)(F)F)c(-c2ccc3[nH]ccc3c2)c1)C1(c2ccc3c(c2)OCO3)CC1.[HH].[HH]. The minimum atomic E-state index is -4.53. The van der Waals surface area contributed by atoms with Crippen LogP contribution in [-0.2, 0) is 16.4 Å². The Balaban J connectivity index is 0.00000152. The Kier molecular flexibility index (Phi) is 4.42. The first kappa shape index (κ1) is 20.7. The number of carbonyl (C=O) groups is 1. The lowest BCUT2D eigenvalue weighted by Crippen LogP contribution is -2.27. The maximum Gasteiger partial charge on any atom is 0.417 e. The second-order valence-electron chi connectivity index (χ2n) is 8.64. The third kappa shape index (κ3) is 3.37. The summed E-state index contributed by atoms with van der Waals surface area (Å²) in [5, 5.41) is 3.65. The summed E-state index contributed by atoms with van der Waals surface area (Å²) >= 11 is 0. The Hall–Kier alpha value is -3.94. The second kappa shape index (κ2) is 7.28. The third-order valence-electron chi connectivity index (χ3n) is 6.56. The first-order valence-corrected chi connectivity index (χ1v) is 10.8. The van der Waals surface area contributed by atoms with Gasteiger partial charge in [-0.15, -0.1) is 0 Å². The zero-order valence-corrected chi connectivity index (χ0v) is 17.8. The van der Waals surface area contributed by atoms with Crippen LogP contribution in [0.3, 0.4) is 0 Å². The van der Waals surface area contributed by atoms with E-state index < -0.39 is 17.2 Å². The maximum atomic E-state index is 13.8. The predicted molar refractivity (Wildman–Crippen MR) is 125 cm³/mol. The van der Waals surface area contributed by atoms with E-state index >= 15 is 0 Å². The van der Waals surface area contributed by atoms with Crippen molar-refractivity contribution >= 4 is 22.5 Å². The second-order valence-corrected chi connectivity index (χ2v) is 8.64. The van der Waals surface area contributed by atoms with Gasteiger partial charge < -0.3 is 19.8 Å². The van der Waals surface area contributed by atoms with E-state index in [0.29, 0.717) is 35.6 Å². The number of halogens is 3. The summed E-state index contributed by atoms with van der Waals surface area (Å²) in [6.07, 6.45) is -1.50. The Morgan fingerprint density at radius 1 is 0.971 bits per heavy atom. The summed E-state index contributed by atoms with van der Waals surface area (Å²) in [5.74, 6) is 0.971. The van der Waals surface area contributed by atoms with Crippen LogP contribution in [-0.4, -0.2) is 17.7 Å². The molecule has 34 heavy (non-hydrogen) atoms. The van der Waals surface area contributed by atoms with E-state index in [-0.39, 0.29) is 21.1 Å². The zero-order chi connectivity index (χ0) is 23.5. The van der Waals surface area contributed by atoms with E-state index in [1.807, 2.05) is 6.07 Å². The van der Waals surface area contributed by atoms with Crippen molar-refractivity contribution in [2.45, 2.75) is 24.4 Å². The molecule has 8 heteroatoms. The first-order valence-electron chi connectivity index (χ1n) is 10.8. The van der Waals surface area contributed by atoms with Gasteiger partial charge in [0.05, 0.1) is 11.0 Å². The highest BCUT2D eigenvalue weighted by molar-refractivity contribution is 6.02. The van der Waals surface area contributed by atoms with E-state index in [1.165, 1.54) is 12.1 Å². The Morgan fingerprint density at radius 3 is 2.59 bits per heavy atom. The predicted octanol–water partition coefficient (Wildman–Crippen LogP) is 6.74. The lowest BCUT2D eigenvalue weighted by molar-refractivity contribution is -0.137. The summed E-state index contributed by atoms with van der Waals surface area (Å²) in [6, 6.07) is 16.0. The van der Waals surface area contributed by atoms with Gasteiger partial charge >= 0.3 is 6.18 Å². The fourth-order valence-electron chi connectivity index (χ4n) is 4.55. The fraction of sp³-hybridized carbons (Fsp3) is 0.192. The fourth-order valence-corrected chi connectivity index (χ4v) is 4.55. The van der Waals surface area contributed by atoms with Gasteiger partial charge in [0.15, 0.2) is 11.5 Å². The molecule has 1 aliphatic carbocycles. The van der Waals surface area contributed by atoms with Crippen molar-refractivity contribution in [2.75, 3.05) is 12.1 Å². The minimum Gasteiger partial charge on any atom is -0.454 e. The molecule has 2 aliphatic rings. The van der Waals surface area contributed by atoms with Crippen LogP contribution in [0.2, 0.25) is 0 Å². The highest BCUT2D eigenvalue weighted by Crippen LogP contribution is 2.51. The number of aromatic nitrogens is 1. The smallest absolute Gasteiger partial charge is 0.417 e. The molecule has 6 rings (SSSR count). The molecule has 1 saturated carbocycles. The normalized spacial score (nSPS) is 16.0. The highest BCUT2D eigenvalue weighted by Gasteiger charge is 2.51. The number of nitrogens with one attached hydrogen (secondary N) is 2. The Morgan fingerprint density at radius 2 is 1.79 bits per heavy atom. The largest absolute Gasteiger partial charge is 0.454 e. The van der Waals surface area contributed by atoms with Crippen LogP contribution in [0.1, 0.15) is 26.8 Å². The monoisotopic (exact) mass is 468 g/mol. The van der Waals surface area contributed by atoms with Crippen molar-refractivity contribution in [3.8, 4) is 22.6 Å². The van der Waals surface area contributed by atoms with Crippen LogP contribution in [0, 0.1) is 0 Å². The number of aromatic amines is 1. The standard InChI is InChI=1S/C26H19F3N2O3.2H2/c27-26(28,29)20-4-3-18(13-19(20)15-1-5-21-16(11-15)7-10-30-21)31-24(32)25(8-9-25)17-2-6-22-23(12-17)34-14-33-22;;/h1-7,10-13,30H,8-9,14H2,(H,31,32);2*1H. The summed E-state index contributed by atoms with van der Waals surface area (Å²) in [6.45, 7) is 0.140. The van der Waals surface area contributed by atoms with E-state index in [0.717, 1.165) is 22.5 Å². The number of ether oxygens (including phenoxy) is 2. The quantitative estimate of drug-likeness (QED) is 0.348. The van der Waals surface area contributed by atoms with Gasteiger partial charge in [-0.05, 0) is 83.4 Å². The highest BCUT2D eigenvalue weighted by atomic mass is 19.4. The molecule has 0 spiro atoms. The van der Waals surface area contributed by atoms with Gasteiger partial charge in [0.1, 0.15) is 0 Å². The molecule has 0 radical (unpaired) electrons. The molecule has 4 aromatic rings. The molecule has 0 atom stereocenters. The van der Waals surface area contributed by atoms with E-state index in [2.05, 4.69) is 10.3 Å². The number of anilines is 1. The van der Waals surface area contributed by atoms with Crippen LogP contribution in [0.15, 0.2) is 66.9 Å². The number of hydrogen-bond donors (Lipinski definition) is 2. The molecule has 0 unspecified atom stereocenters. The van der Waals surface area contributed by atoms with Gasteiger partial charge in [0.2, 0.25) is 12.7 Å². The molecule has 1 aromatic heterocycles. The molecular weight excluding hydrogens is 445 g/mol. The van der Waals surface area contributed by atoms with Crippen molar-refractivity contribution in [3.05, 3.63) is 78.0 Å². The number of rotatable bonds is 4. The number of benzene rings is 3. The molecule has 3 aromatic carbocycles. The molecule has 2 heterocycles. The number of fused-ring (bicyclic) bond motifs is 2. The van der Waals surface area contributed by atoms with Gasteiger partial charge in [-0.1, -0.05) is 12.1 Å². The molecule has 1 amide bonds. The van der Waals surface area contributed by atoms with Crippen LogP contribution in [0.4, 0.5) is 18.9 Å². The molecule has 5 nitrogen and oxygen atoms in total.